The highest BCUT2D eigenvalue weighted by Crippen LogP contribution is 2.11. The van der Waals surface area contributed by atoms with Crippen LogP contribution in [-0.2, 0) is 6.42 Å². The molecular formula is C7H11N3. The third-order valence-corrected chi connectivity index (χ3v) is 1.45. The minimum absolute atomic E-state index is 0.907. The van der Waals surface area contributed by atoms with Gasteiger partial charge in [0.2, 0.25) is 0 Å². The second-order valence-electron chi connectivity index (χ2n) is 2.03. The molecule has 0 unspecified atom stereocenters. The van der Waals surface area contributed by atoms with Gasteiger partial charge in [-0.15, -0.1) is 0 Å². The van der Waals surface area contributed by atoms with E-state index in [1.54, 1.807) is 12.4 Å². The first kappa shape index (κ1) is 7.02. The van der Waals surface area contributed by atoms with Crippen LogP contribution < -0.4 is 11.3 Å². The van der Waals surface area contributed by atoms with E-state index in [1.165, 1.54) is 5.56 Å². The van der Waals surface area contributed by atoms with Gasteiger partial charge in [-0.2, -0.15) is 0 Å². The molecule has 0 radical (unpaired) electrons. The molecular weight excluding hydrogens is 126 g/mol. The van der Waals surface area contributed by atoms with Crippen molar-refractivity contribution in [2.75, 3.05) is 5.43 Å². The van der Waals surface area contributed by atoms with Crippen molar-refractivity contribution in [3.8, 4) is 0 Å². The highest BCUT2D eigenvalue weighted by molar-refractivity contribution is 5.47. The molecule has 1 rings (SSSR count). The Balaban J connectivity index is 2.96. The molecule has 0 aliphatic rings. The smallest absolute Gasteiger partial charge is 0.0701 e. The highest BCUT2D eigenvalue weighted by Gasteiger charge is 1.94. The molecule has 3 nitrogen and oxygen atoms in total. The van der Waals surface area contributed by atoms with Crippen LogP contribution in [-0.4, -0.2) is 4.98 Å². The average Bonchev–Trinajstić information content (AvgIpc) is 2.04. The molecule has 0 bridgehead atoms. The number of hydrazine groups is 1. The van der Waals surface area contributed by atoms with Gasteiger partial charge in [0, 0.05) is 6.20 Å². The molecule has 10 heavy (non-hydrogen) atoms. The first-order valence-electron chi connectivity index (χ1n) is 3.28. The van der Waals surface area contributed by atoms with Crippen LogP contribution in [0.3, 0.4) is 0 Å². The van der Waals surface area contributed by atoms with Crippen LogP contribution in [0.1, 0.15) is 12.5 Å². The molecule has 0 amide bonds. The van der Waals surface area contributed by atoms with E-state index in [1.807, 2.05) is 6.07 Å². The van der Waals surface area contributed by atoms with E-state index in [4.69, 9.17) is 5.84 Å². The lowest BCUT2D eigenvalue weighted by atomic mass is 10.2. The third kappa shape index (κ3) is 1.25. The molecule has 0 aromatic carbocycles. The molecule has 0 spiro atoms. The number of nitrogen functional groups attached to an aromatic ring is 1. The molecule has 0 saturated carbocycles. The number of pyridine rings is 1. The zero-order valence-corrected chi connectivity index (χ0v) is 5.96. The molecule has 0 aliphatic heterocycles. The van der Waals surface area contributed by atoms with Gasteiger partial charge in [-0.3, -0.25) is 10.8 Å². The Morgan fingerprint density at radius 3 is 3.00 bits per heavy atom. The largest absolute Gasteiger partial charge is 0.322 e. The maximum Gasteiger partial charge on any atom is 0.0701 e. The van der Waals surface area contributed by atoms with Crippen molar-refractivity contribution < 1.29 is 0 Å². The summed E-state index contributed by atoms with van der Waals surface area (Å²) in [6.45, 7) is 2.08. The van der Waals surface area contributed by atoms with Crippen LogP contribution in [0.4, 0.5) is 5.69 Å². The number of hydrogen-bond acceptors (Lipinski definition) is 3. The van der Waals surface area contributed by atoms with E-state index in [9.17, 15) is 0 Å². The summed E-state index contributed by atoms with van der Waals surface area (Å²) < 4.78 is 0. The van der Waals surface area contributed by atoms with Crippen molar-refractivity contribution in [3.63, 3.8) is 0 Å². The van der Waals surface area contributed by atoms with E-state index in [0.29, 0.717) is 0 Å². The van der Waals surface area contributed by atoms with Gasteiger partial charge in [0.25, 0.3) is 0 Å². The number of hydrogen-bond donors (Lipinski definition) is 2. The van der Waals surface area contributed by atoms with Crippen molar-refractivity contribution >= 4 is 5.69 Å². The van der Waals surface area contributed by atoms with Gasteiger partial charge in [0.15, 0.2) is 0 Å². The number of nitrogens with zero attached hydrogens (tertiary/aromatic N) is 1. The standard InChI is InChI=1S/C7H11N3/c1-2-6-3-4-9-5-7(6)10-8/h3-5,10H,2,8H2,1H3. The Morgan fingerprint density at radius 2 is 2.50 bits per heavy atom. The minimum Gasteiger partial charge on any atom is -0.322 e. The number of aromatic nitrogens is 1. The van der Waals surface area contributed by atoms with Crippen molar-refractivity contribution in [1.82, 2.24) is 4.98 Å². The van der Waals surface area contributed by atoms with Gasteiger partial charge in [-0.25, -0.2) is 0 Å². The van der Waals surface area contributed by atoms with Gasteiger partial charge >= 0.3 is 0 Å². The molecule has 3 heteroatoms. The topological polar surface area (TPSA) is 50.9 Å². The Morgan fingerprint density at radius 1 is 1.70 bits per heavy atom. The number of aryl methyl sites for hydroxylation is 1. The van der Waals surface area contributed by atoms with Gasteiger partial charge in [0.1, 0.15) is 0 Å². The van der Waals surface area contributed by atoms with Crippen molar-refractivity contribution in [2.24, 2.45) is 5.84 Å². The fraction of sp³-hybridized carbons (Fsp3) is 0.286. The summed E-state index contributed by atoms with van der Waals surface area (Å²) in [6.07, 6.45) is 4.46. The second-order valence-corrected chi connectivity index (χ2v) is 2.03. The third-order valence-electron chi connectivity index (χ3n) is 1.45. The molecule has 54 valence electrons. The van der Waals surface area contributed by atoms with Crippen LogP contribution in [0.5, 0.6) is 0 Å². The fourth-order valence-electron chi connectivity index (χ4n) is 0.862. The van der Waals surface area contributed by atoms with E-state index in [2.05, 4.69) is 17.3 Å². The summed E-state index contributed by atoms with van der Waals surface area (Å²) in [6, 6.07) is 1.95. The van der Waals surface area contributed by atoms with E-state index >= 15 is 0 Å². The fourth-order valence-corrected chi connectivity index (χ4v) is 0.862. The van der Waals surface area contributed by atoms with Crippen LogP contribution in [0.25, 0.3) is 0 Å². The molecule has 0 aliphatic carbocycles. The maximum atomic E-state index is 5.24. The number of nitrogens with two attached hydrogens (primary N) is 1. The Hall–Kier alpha value is -1.09. The average molecular weight is 137 g/mol. The number of rotatable bonds is 2. The summed E-state index contributed by atoms with van der Waals surface area (Å²) in [5.41, 5.74) is 4.68. The quantitative estimate of drug-likeness (QED) is 0.471. The van der Waals surface area contributed by atoms with Crippen LogP contribution in [0, 0.1) is 0 Å². The van der Waals surface area contributed by atoms with Crippen molar-refractivity contribution in [1.29, 1.82) is 0 Å². The first-order chi connectivity index (χ1) is 4.88. The summed E-state index contributed by atoms with van der Waals surface area (Å²) in [5.74, 6) is 5.24. The van der Waals surface area contributed by atoms with Gasteiger partial charge in [-0.05, 0) is 18.1 Å². The SMILES string of the molecule is CCc1ccncc1NN. The van der Waals surface area contributed by atoms with Gasteiger partial charge < -0.3 is 5.43 Å². The van der Waals surface area contributed by atoms with E-state index in [-0.39, 0.29) is 0 Å². The maximum absolute atomic E-state index is 5.24. The molecule has 0 fully saturated rings. The van der Waals surface area contributed by atoms with Crippen LogP contribution in [0.2, 0.25) is 0 Å². The highest BCUT2D eigenvalue weighted by atomic mass is 15.2. The summed E-state index contributed by atoms with van der Waals surface area (Å²) in [5, 5.41) is 0. The zero-order valence-electron chi connectivity index (χ0n) is 5.96. The summed E-state index contributed by atoms with van der Waals surface area (Å²) in [4.78, 5) is 3.92. The summed E-state index contributed by atoms with van der Waals surface area (Å²) >= 11 is 0. The Bertz CT molecular complexity index is 187. The zero-order chi connectivity index (χ0) is 7.40. The first-order valence-corrected chi connectivity index (χ1v) is 3.28. The monoisotopic (exact) mass is 137 g/mol. The molecule has 1 aromatic rings. The van der Waals surface area contributed by atoms with Crippen LogP contribution in [0.15, 0.2) is 18.5 Å². The normalized spacial score (nSPS) is 9.40. The molecule has 1 aromatic heterocycles. The lowest BCUT2D eigenvalue weighted by Gasteiger charge is -2.03. The van der Waals surface area contributed by atoms with Gasteiger partial charge in [-0.1, -0.05) is 6.92 Å². The van der Waals surface area contributed by atoms with Gasteiger partial charge in [0.05, 0.1) is 11.9 Å². The molecule has 1 heterocycles. The number of nitrogens with one attached hydrogen (secondary N) is 1. The van der Waals surface area contributed by atoms with E-state index in [0.717, 1.165) is 12.1 Å². The Kier molecular flexibility index (Phi) is 2.23. The number of anilines is 1. The Labute approximate surface area is 60.2 Å². The minimum atomic E-state index is 0.907. The lowest BCUT2D eigenvalue weighted by Crippen LogP contribution is -2.09. The summed E-state index contributed by atoms with van der Waals surface area (Å²) in [7, 11) is 0. The molecule has 3 N–H and O–H groups in total. The van der Waals surface area contributed by atoms with Crippen molar-refractivity contribution in [3.05, 3.63) is 24.0 Å². The predicted octanol–water partition coefficient (Wildman–Crippen LogP) is 0.930. The molecule has 0 atom stereocenters. The molecule has 0 saturated heterocycles. The van der Waals surface area contributed by atoms with E-state index < -0.39 is 0 Å². The predicted molar refractivity (Wildman–Crippen MR) is 41.4 cm³/mol. The van der Waals surface area contributed by atoms with Crippen molar-refractivity contribution in [2.45, 2.75) is 13.3 Å². The lowest BCUT2D eigenvalue weighted by molar-refractivity contribution is 1.10. The van der Waals surface area contributed by atoms with Crippen LogP contribution >= 0.6 is 0 Å². The second kappa shape index (κ2) is 3.17.